The summed E-state index contributed by atoms with van der Waals surface area (Å²) < 4.78 is 5.36. The quantitative estimate of drug-likeness (QED) is 0.859. The second-order valence-corrected chi connectivity index (χ2v) is 4.79. The van der Waals surface area contributed by atoms with Crippen molar-refractivity contribution in [3.8, 4) is 5.75 Å². The molecule has 0 aliphatic carbocycles. The number of aromatic hydroxyl groups is 1. The van der Waals surface area contributed by atoms with E-state index >= 15 is 0 Å². The maximum atomic E-state index is 11.9. The molecule has 0 aromatic heterocycles. The molecular formula is C14H19NO3. The van der Waals surface area contributed by atoms with E-state index in [-0.39, 0.29) is 11.7 Å². The average molecular weight is 249 g/mol. The summed E-state index contributed by atoms with van der Waals surface area (Å²) in [5, 5.41) is 12.5. The van der Waals surface area contributed by atoms with Gasteiger partial charge in [0.15, 0.2) is 0 Å². The first-order valence-electron chi connectivity index (χ1n) is 6.32. The van der Waals surface area contributed by atoms with Crippen LogP contribution in [-0.4, -0.2) is 30.8 Å². The molecule has 0 bridgehead atoms. The van der Waals surface area contributed by atoms with E-state index in [1.165, 1.54) is 6.07 Å². The molecule has 1 amide bonds. The van der Waals surface area contributed by atoms with Crippen LogP contribution >= 0.6 is 0 Å². The minimum atomic E-state index is -0.143. The Bertz CT molecular complexity index is 425. The molecule has 1 aromatic rings. The summed E-state index contributed by atoms with van der Waals surface area (Å²) in [6, 6.07) is 4.97. The number of amides is 1. The molecule has 0 spiro atoms. The van der Waals surface area contributed by atoms with Gasteiger partial charge >= 0.3 is 0 Å². The topological polar surface area (TPSA) is 58.6 Å². The van der Waals surface area contributed by atoms with E-state index in [0.717, 1.165) is 31.6 Å². The van der Waals surface area contributed by atoms with Gasteiger partial charge in [-0.15, -0.1) is 0 Å². The second-order valence-electron chi connectivity index (χ2n) is 4.79. The normalized spacial score (nSPS) is 19.5. The summed E-state index contributed by atoms with van der Waals surface area (Å²) in [7, 11) is 0. The molecule has 1 fully saturated rings. The van der Waals surface area contributed by atoms with Gasteiger partial charge in [0.1, 0.15) is 5.75 Å². The van der Waals surface area contributed by atoms with Crippen molar-refractivity contribution in [2.75, 3.05) is 19.8 Å². The third kappa shape index (κ3) is 3.23. The van der Waals surface area contributed by atoms with E-state index < -0.39 is 0 Å². The first kappa shape index (κ1) is 12.9. The number of aryl methyl sites for hydroxylation is 1. The number of benzene rings is 1. The summed E-state index contributed by atoms with van der Waals surface area (Å²) in [4.78, 5) is 11.9. The van der Waals surface area contributed by atoms with Gasteiger partial charge in [-0.25, -0.2) is 0 Å². The molecule has 98 valence electrons. The van der Waals surface area contributed by atoms with E-state index in [9.17, 15) is 9.90 Å². The minimum absolute atomic E-state index is 0.143. The number of rotatable bonds is 3. The minimum Gasteiger partial charge on any atom is -0.508 e. The molecule has 1 aliphatic heterocycles. The van der Waals surface area contributed by atoms with Crippen LogP contribution in [0.25, 0.3) is 0 Å². The summed E-state index contributed by atoms with van der Waals surface area (Å²) in [5.74, 6) is 0.418. The first-order valence-corrected chi connectivity index (χ1v) is 6.32. The highest BCUT2D eigenvalue weighted by Gasteiger charge is 2.15. The lowest BCUT2D eigenvalue weighted by atomic mass is 10.0. The molecule has 0 radical (unpaired) electrons. The molecule has 1 atom stereocenters. The van der Waals surface area contributed by atoms with Gasteiger partial charge in [0.25, 0.3) is 5.91 Å². The third-order valence-corrected chi connectivity index (χ3v) is 3.28. The maximum absolute atomic E-state index is 11.9. The molecule has 1 saturated heterocycles. The Kier molecular flexibility index (Phi) is 4.20. The number of phenolic OH excluding ortho intramolecular Hbond substituents is 1. The number of hydrogen-bond donors (Lipinski definition) is 2. The van der Waals surface area contributed by atoms with Crippen LogP contribution in [0.15, 0.2) is 18.2 Å². The Morgan fingerprint density at radius 3 is 3.06 bits per heavy atom. The molecule has 1 heterocycles. The van der Waals surface area contributed by atoms with Crippen LogP contribution in [0.4, 0.5) is 0 Å². The fourth-order valence-electron chi connectivity index (χ4n) is 2.06. The molecule has 2 rings (SSSR count). The van der Waals surface area contributed by atoms with Crippen molar-refractivity contribution >= 4 is 5.91 Å². The van der Waals surface area contributed by atoms with E-state index in [2.05, 4.69) is 5.32 Å². The molecule has 2 N–H and O–H groups in total. The lowest BCUT2D eigenvalue weighted by Gasteiger charge is -2.22. The van der Waals surface area contributed by atoms with E-state index in [4.69, 9.17) is 4.74 Å². The van der Waals surface area contributed by atoms with Crippen molar-refractivity contribution < 1.29 is 14.6 Å². The van der Waals surface area contributed by atoms with Crippen LogP contribution in [-0.2, 0) is 4.74 Å². The zero-order valence-electron chi connectivity index (χ0n) is 10.6. The highest BCUT2D eigenvalue weighted by molar-refractivity contribution is 5.94. The van der Waals surface area contributed by atoms with Crippen molar-refractivity contribution in [1.29, 1.82) is 0 Å². The van der Waals surface area contributed by atoms with Gasteiger partial charge in [0, 0.05) is 18.7 Å². The van der Waals surface area contributed by atoms with Gasteiger partial charge in [-0.2, -0.15) is 0 Å². The Morgan fingerprint density at radius 1 is 1.56 bits per heavy atom. The molecule has 4 nitrogen and oxygen atoms in total. The van der Waals surface area contributed by atoms with Crippen LogP contribution < -0.4 is 5.32 Å². The van der Waals surface area contributed by atoms with Crippen LogP contribution in [0, 0.1) is 12.8 Å². The second kappa shape index (κ2) is 5.87. The number of phenols is 1. The molecule has 1 aromatic carbocycles. The maximum Gasteiger partial charge on any atom is 0.251 e. The Morgan fingerprint density at radius 2 is 2.39 bits per heavy atom. The molecule has 1 aliphatic rings. The van der Waals surface area contributed by atoms with Crippen molar-refractivity contribution in [2.24, 2.45) is 5.92 Å². The van der Waals surface area contributed by atoms with Crippen LogP contribution in [0.1, 0.15) is 28.8 Å². The largest absolute Gasteiger partial charge is 0.508 e. The highest BCUT2D eigenvalue weighted by atomic mass is 16.5. The van der Waals surface area contributed by atoms with Crippen LogP contribution in [0.2, 0.25) is 0 Å². The monoisotopic (exact) mass is 249 g/mol. The van der Waals surface area contributed by atoms with E-state index in [1.54, 1.807) is 19.1 Å². The van der Waals surface area contributed by atoms with Crippen molar-refractivity contribution in [1.82, 2.24) is 5.32 Å². The van der Waals surface area contributed by atoms with Gasteiger partial charge in [-0.1, -0.05) is 6.07 Å². The number of carbonyl (C=O) groups excluding carboxylic acids is 1. The van der Waals surface area contributed by atoms with Crippen molar-refractivity contribution in [3.05, 3.63) is 29.3 Å². The number of hydrogen-bond acceptors (Lipinski definition) is 3. The van der Waals surface area contributed by atoms with Crippen LogP contribution in [0.5, 0.6) is 5.75 Å². The van der Waals surface area contributed by atoms with E-state index in [1.807, 2.05) is 0 Å². The Balaban J connectivity index is 1.88. The number of nitrogens with one attached hydrogen (secondary N) is 1. The fourth-order valence-corrected chi connectivity index (χ4v) is 2.06. The third-order valence-electron chi connectivity index (χ3n) is 3.28. The smallest absolute Gasteiger partial charge is 0.251 e. The lowest BCUT2D eigenvalue weighted by Crippen LogP contribution is -2.33. The molecule has 0 saturated carbocycles. The van der Waals surface area contributed by atoms with Gasteiger partial charge in [-0.3, -0.25) is 4.79 Å². The summed E-state index contributed by atoms with van der Waals surface area (Å²) >= 11 is 0. The lowest BCUT2D eigenvalue weighted by molar-refractivity contribution is 0.0536. The zero-order chi connectivity index (χ0) is 13.0. The summed E-state index contributed by atoms with van der Waals surface area (Å²) in [6.07, 6.45) is 2.16. The Hall–Kier alpha value is -1.55. The number of ether oxygens (including phenoxy) is 1. The van der Waals surface area contributed by atoms with Gasteiger partial charge in [-0.05, 0) is 43.4 Å². The SMILES string of the molecule is Cc1ccc(C(=O)NCC2CCCOC2)cc1O. The van der Waals surface area contributed by atoms with E-state index in [0.29, 0.717) is 18.0 Å². The van der Waals surface area contributed by atoms with Crippen LogP contribution in [0.3, 0.4) is 0 Å². The standard InChI is InChI=1S/C14H19NO3/c1-10-4-5-12(7-13(10)16)14(17)15-8-11-3-2-6-18-9-11/h4-5,7,11,16H,2-3,6,8-9H2,1H3,(H,15,17). The molecule has 1 unspecified atom stereocenters. The zero-order valence-corrected chi connectivity index (χ0v) is 10.6. The van der Waals surface area contributed by atoms with Gasteiger partial charge in [0.2, 0.25) is 0 Å². The van der Waals surface area contributed by atoms with Crippen molar-refractivity contribution in [2.45, 2.75) is 19.8 Å². The predicted molar refractivity (Wildman–Crippen MR) is 68.7 cm³/mol. The summed E-state index contributed by atoms with van der Waals surface area (Å²) in [5.41, 5.74) is 1.27. The fraction of sp³-hybridized carbons (Fsp3) is 0.500. The summed E-state index contributed by atoms with van der Waals surface area (Å²) in [6.45, 7) is 3.99. The molecular weight excluding hydrogens is 230 g/mol. The highest BCUT2D eigenvalue weighted by Crippen LogP contribution is 2.17. The first-order chi connectivity index (χ1) is 8.66. The molecule has 4 heteroatoms. The van der Waals surface area contributed by atoms with Gasteiger partial charge < -0.3 is 15.2 Å². The predicted octanol–water partition coefficient (Wildman–Crippen LogP) is 1.86. The Labute approximate surface area is 107 Å². The van der Waals surface area contributed by atoms with Gasteiger partial charge in [0.05, 0.1) is 6.61 Å². The molecule has 18 heavy (non-hydrogen) atoms. The number of carbonyl (C=O) groups is 1. The average Bonchev–Trinajstić information content (AvgIpc) is 2.40. The van der Waals surface area contributed by atoms with Crippen molar-refractivity contribution in [3.63, 3.8) is 0 Å².